The van der Waals surface area contributed by atoms with Gasteiger partial charge in [0.05, 0.1) is 0 Å². The van der Waals surface area contributed by atoms with Gasteiger partial charge in [0.1, 0.15) is 0 Å². The Morgan fingerprint density at radius 3 is 2.75 bits per heavy atom. The third kappa shape index (κ3) is 2.17. The average Bonchev–Trinajstić information content (AvgIpc) is 2.01. The first-order valence-corrected chi connectivity index (χ1v) is 5.61. The van der Waals surface area contributed by atoms with Gasteiger partial charge in [-0.2, -0.15) is 0 Å². The second-order valence-electron chi connectivity index (χ2n) is 2.57. The Morgan fingerprint density at radius 1 is 1.50 bits per heavy atom. The van der Waals surface area contributed by atoms with E-state index < -0.39 is 0 Å². The van der Waals surface area contributed by atoms with Crippen molar-refractivity contribution < 1.29 is 0 Å². The molecule has 0 spiro atoms. The number of anilines is 1. The summed E-state index contributed by atoms with van der Waals surface area (Å²) in [5.41, 5.74) is 7.74. The van der Waals surface area contributed by atoms with Gasteiger partial charge in [0.15, 0.2) is 0 Å². The second-order valence-corrected chi connectivity index (χ2v) is 4.73. The minimum absolute atomic E-state index is 0.849. The van der Waals surface area contributed by atoms with Gasteiger partial charge in [-0.1, -0.05) is 6.92 Å². The van der Waals surface area contributed by atoms with Gasteiger partial charge >= 0.3 is 0 Å². The normalized spacial score (nSPS) is 10.2. The van der Waals surface area contributed by atoms with Gasteiger partial charge < -0.3 is 5.73 Å². The first kappa shape index (κ1) is 9.93. The highest BCUT2D eigenvalue weighted by Gasteiger charge is 2.02. The Labute approximate surface area is 85.9 Å². The SMILES string of the molecule is CCSc1cc(C)c(N)cc1Br. The molecule has 0 heterocycles. The zero-order valence-corrected chi connectivity index (χ0v) is 9.63. The third-order valence-electron chi connectivity index (χ3n) is 1.62. The number of halogens is 1. The average molecular weight is 246 g/mol. The van der Waals surface area contributed by atoms with Gasteiger partial charge in [0.25, 0.3) is 0 Å². The summed E-state index contributed by atoms with van der Waals surface area (Å²) in [5.74, 6) is 1.09. The van der Waals surface area contributed by atoms with Crippen LogP contribution in [0.1, 0.15) is 12.5 Å². The standard InChI is InChI=1S/C9H12BrNS/c1-3-12-9-4-6(2)8(11)5-7(9)10/h4-5H,3,11H2,1-2H3. The van der Waals surface area contributed by atoms with Gasteiger partial charge in [0, 0.05) is 15.1 Å². The maximum absolute atomic E-state index is 5.75. The molecule has 0 aliphatic heterocycles. The molecular weight excluding hydrogens is 234 g/mol. The lowest BCUT2D eigenvalue weighted by Crippen LogP contribution is -1.90. The molecule has 0 saturated heterocycles. The van der Waals surface area contributed by atoms with E-state index in [-0.39, 0.29) is 0 Å². The molecule has 0 fully saturated rings. The van der Waals surface area contributed by atoms with E-state index >= 15 is 0 Å². The lowest BCUT2D eigenvalue weighted by atomic mass is 10.2. The number of thioether (sulfide) groups is 1. The molecule has 2 N–H and O–H groups in total. The summed E-state index contributed by atoms with van der Waals surface area (Å²) in [7, 11) is 0. The Kier molecular flexibility index (Phi) is 3.47. The highest BCUT2D eigenvalue weighted by Crippen LogP contribution is 2.30. The van der Waals surface area contributed by atoms with Crippen LogP contribution in [-0.4, -0.2) is 5.75 Å². The van der Waals surface area contributed by atoms with Crippen LogP contribution in [0.5, 0.6) is 0 Å². The van der Waals surface area contributed by atoms with E-state index in [9.17, 15) is 0 Å². The summed E-state index contributed by atoms with van der Waals surface area (Å²) in [4.78, 5) is 1.27. The molecule has 1 aromatic carbocycles. The molecule has 0 saturated carbocycles. The van der Waals surface area contributed by atoms with Crippen LogP contribution in [0.4, 0.5) is 5.69 Å². The van der Waals surface area contributed by atoms with Crippen LogP contribution in [0.2, 0.25) is 0 Å². The molecule has 0 radical (unpaired) electrons. The van der Waals surface area contributed by atoms with Crippen LogP contribution in [-0.2, 0) is 0 Å². The lowest BCUT2D eigenvalue weighted by Gasteiger charge is -2.06. The maximum atomic E-state index is 5.75. The summed E-state index contributed by atoms with van der Waals surface area (Å²) in [6.07, 6.45) is 0. The Bertz CT molecular complexity index is 286. The monoisotopic (exact) mass is 245 g/mol. The largest absolute Gasteiger partial charge is 0.398 e. The minimum atomic E-state index is 0.849. The lowest BCUT2D eigenvalue weighted by molar-refractivity contribution is 1.32. The topological polar surface area (TPSA) is 26.0 Å². The van der Waals surface area contributed by atoms with E-state index in [1.54, 1.807) is 0 Å². The van der Waals surface area contributed by atoms with E-state index in [2.05, 4.69) is 28.9 Å². The fourth-order valence-corrected chi connectivity index (χ4v) is 2.41. The predicted octanol–water partition coefficient (Wildman–Crippen LogP) is 3.45. The first-order chi connectivity index (χ1) is 5.65. The van der Waals surface area contributed by atoms with Crippen molar-refractivity contribution in [1.29, 1.82) is 0 Å². The van der Waals surface area contributed by atoms with Crippen LogP contribution in [0.15, 0.2) is 21.5 Å². The molecule has 0 aliphatic rings. The molecule has 66 valence electrons. The number of aryl methyl sites for hydroxylation is 1. The van der Waals surface area contributed by atoms with Gasteiger partial charge in [-0.25, -0.2) is 0 Å². The predicted molar refractivity (Wildman–Crippen MR) is 59.7 cm³/mol. The number of benzene rings is 1. The van der Waals surface area contributed by atoms with E-state index in [0.717, 1.165) is 21.5 Å². The molecule has 0 aromatic heterocycles. The molecule has 0 amide bonds. The number of nitrogens with two attached hydrogens (primary N) is 1. The van der Waals surface area contributed by atoms with Gasteiger partial charge in [-0.15, -0.1) is 11.8 Å². The third-order valence-corrected chi connectivity index (χ3v) is 3.48. The molecule has 0 aliphatic carbocycles. The molecular formula is C9H12BrNS. The number of hydrogen-bond donors (Lipinski definition) is 1. The van der Waals surface area contributed by atoms with Crippen LogP contribution in [0.3, 0.4) is 0 Å². The molecule has 3 heteroatoms. The van der Waals surface area contributed by atoms with Gasteiger partial charge in [-0.05, 0) is 46.3 Å². The fraction of sp³-hybridized carbons (Fsp3) is 0.333. The summed E-state index contributed by atoms with van der Waals surface area (Å²) >= 11 is 5.30. The molecule has 1 rings (SSSR count). The van der Waals surface area contributed by atoms with Gasteiger partial charge in [0.2, 0.25) is 0 Å². The minimum Gasteiger partial charge on any atom is -0.398 e. The molecule has 0 bridgehead atoms. The van der Waals surface area contributed by atoms with Crippen molar-refractivity contribution in [3.05, 3.63) is 22.2 Å². The summed E-state index contributed by atoms with van der Waals surface area (Å²) in [6, 6.07) is 4.08. The van der Waals surface area contributed by atoms with Gasteiger partial charge in [-0.3, -0.25) is 0 Å². The number of rotatable bonds is 2. The van der Waals surface area contributed by atoms with Crippen molar-refractivity contribution in [2.45, 2.75) is 18.7 Å². The van der Waals surface area contributed by atoms with Crippen molar-refractivity contribution in [2.75, 3.05) is 11.5 Å². The maximum Gasteiger partial charge on any atom is 0.0355 e. The molecule has 1 aromatic rings. The van der Waals surface area contributed by atoms with Crippen LogP contribution in [0, 0.1) is 6.92 Å². The van der Waals surface area contributed by atoms with E-state index in [1.807, 2.05) is 24.8 Å². The fourth-order valence-electron chi connectivity index (χ4n) is 0.937. The second kappa shape index (κ2) is 4.19. The summed E-state index contributed by atoms with van der Waals surface area (Å²) in [5, 5.41) is 0. The van der Waals surface area contributed by atoms with E-state index in [4.69, 9.17) is 5.73 Å². The highest BCUT2D eigenvalue weighted by atomic mass is 79.9. The Hall–Kier alpha value is -0.150. The molecule has 0 unspecified atom stereocenters. The summed E-state index contributed by atoms with van der Waals surface area (Å²) in [6.45, 7) is 4.17. The first-order valence-electron chi connectivity index (χ1n) is 3.83. The van der Waals surface area contributed by atoms with E-state index in [1.165, 1.54) is 4.90 Å². The van der Waals surface area contributed by atoms with Crippen LogP contribution in [0.25, 0.3) is 0 Å². The van der Waals surface area contributed by atoms with Crippen molar-refractivity contribution >= 4 is 33.4 Å². The highest BCUT2D eigenvalue weighted by molar-refractivity contribution is 9.10. The number of nitrogen functional groups attached to an aromatic ring is 1. The van der Waals surface area contributed by atoms with E-state index in [0.29, 0.717) is 0 Å². The van der Waals surface area contributed by atoms with Crippen molar-refractivity contribution in [1.82, 2.24) is 0 Å². The Morgan fingerprint density at radius 2 is 2.17 bits per heavy atom. The van der Waals surface area contributed by atoms with Crippen LogP contribution >= 0.6 is 27.7 Å². The molecule has 12 heavy (non-hydrogen) atoms. The molecule has 0 atom stereocenters. The summed E-state index contributed by atoms with van der Waals surface area (Å²) < 4.78 is 1.09. The molecule has 1 nitrogen and oxygen atoms in total. The number of hydrogen-bond acceptors (Lipinski definition) is 2. The quantitative estimate of drug-likeness (QED) is 0.638. The van der Waals surface area contributed by atoms with Crippen molar-refractivity contribution in [2.24, 2.45) is 0 Å². The van der Waals surface area contributed by atoms with Crippen molar-refractivity contribution in [3.8, 4) is 0 Å². The zero-order valence-electron chi connectivity index (χ0n) is 7.23. The van der Waals surface area contributed by atoms with Crippen LogP contribution < -0.4 is 5.73 Å². The smallest absolute Gasteiger partial charge is 0.0355 e. The van der Waals surface area contributed by atoms with Crippen molar-refractivity contribution in [3.63, 3.8) is 0 Å². The Balaban J connectivity index is 3.05. The zero-order chi connectivity index (χ0) is 9.14.